The largest absolute Gasteiger partial charge is 0.471 e. The van der Waals surface area contributed by atoms with Crippen LogP contribution in [-0.2, 0) is 0 Å². The number of rotatable bonds is 3. The molecule has 1 saturated heterocycles. The molecule has 0 spiro atoms. The summed E-state index contributed by atoms with van der Waals surface area (Å²) in [5.74, 6) is 0.985. The molecular formula is C13H12BrN5O2. The number of pyridine rings is 1. The summed E-state index contributed by atoms with van der Waals surface area (Å²) in [4.78, 5) is 17.7. The SMILES string of the molecule is O=C(Nc1cccnn1)N1CC(Oc2ccc(Br)cn2)C1. The van der Waals surface area contributed by atoms with Crippen molar-refractivity contribution in [3.8, 4) is 5.88 Å². The van der Waals surface area contributed by atoms with Gasteiger partial charge in [0, 0.05) is 22.9 Å². The minimum absolute atomic E-state index is 0.0358. The first-order chi connectivity index (χ1) is 10.2. The molecule has 8 heteroatoms. The van der Waals surface area contributed by atoms with Crippen LogP contribution in [0.15, 0.2) is 41.1 Å². The maximum absolute atomic E-state index is 11.9. The molecule has 1 aliphatic rings. The summed E-state index contributed by atoms with van der Waals surface area (Å²) in [7, 11) is 0. The second-order valence-electron chi connectivity index (χ2n) is 4.50. The lowest BCUT2D eigenvalue weighted by Crippen LogP contribution is -2.57. The van der Waals surface area contributed by atoms with Gasteiger partial charge >= 0.3 is 6.03 Å². The quantitative estimate of drug-likeness (QED) is 0.915. The van der Waals surface area contributed by atoms with Crippen molar-refractivity contribution in [1.29, 1.82) is 0 Å². The molecule has 0 radical (unpaired) electrons. The van der Waals surface area contributed by atoms with E-state index in [1.54, 1.807) is 35.5 Å². The number of nitrogens with zero attached hydrogens (tertiary/aromatic N) is 4. The maximum atomic E-state index is 11.9. The van der Waals surface area contributed by atoms with Gasteiger partial charge in [-0.25, -0.2) is 9.78 Å². The fourth-order valence-electron chi connectivity index (χ4n) is 1.84. The van der Waals surface area contributed by atoms with Gasteiger partial charge in [-0.3, -0.25) is 5.32 Å². The van der Waals surface area contributed by atoms with Gasteiger partial charge in [0.15, 0.2) is 5.82 Å². The van der Waals surface area contributed by atoms with Gasteiger partial charge in [0.25, 0.3) is 0 Å². The molecule has 1 fully saturated rings. The molecular weight excluding hydrogens is 338 g/mol. The van der Waals surface area contributed by atoms with E-state index in [0.717, 1.165) is 4.47 Å². The highest BCUT2D eigenvalue weighted by Crippen LogP contribution is 2.18. The van der Waals surface area contributed by atoms with Gasteiger partial charge in [-0.15, -0.1) is 5.10 Å². The van der Waals surface area contributed by atoms with E-state index in [9.17, 15) is 4.79 Å². The van der Waals surface area contributed by atoms with Crippen molar-refractivity contribution in [3.63, 3.8) is 0 Å². The Kier molecular flexibility index (Phi) is 3.96. The first-order valence-corrected chi connectivity index (χ1v) is 7.12. The molecule has 0 aromatic carbocycles. The maximum Gasteiger partial charge on any atom is 0.323 e. The number of halogens is 1. The predicted molar refractivity (Wildman–Crippen MR) is 79.0 cm³/mol. The van der Waals surface area contributed by atoms with Crippen LogP contribution in [0.25, 0.3) is 0 Å². The molecule has 0 bridgehead atoms. The van der Waals surface area contributed by atoms with Gasteiger partial charge in [0.1, 0.15) is 6.10 Å². The van der Waals surface area contributed by atoms with Crippen molar-refractivity contribution in [2.75, 3.05) is 18.4 Å². The number of hydrogen-bond acceptors (Lipinski definition) is 5. The highest BCUT2D eigenvalue weighted by atomic mass is 79.9. The number of amides is 2. The van der Waals surface area contributed by atoms with Crippen LogP contribution in [-0.4, -0.2) is 45.3 Å². The van der Waals surface area contributed by atoms with Crippen molar-refractivity contribution in [2.45, 2.75) is 6.10 Å². The lowest BCUT2D eigenvalue weighted by molar-refractivity contribution is 0.0460. The third-order valence-corrected chi connectivity index (χ3v) is 3.40. The van der Waals surface area contributed by atoms with Gasteiger partial charge in [-0.05, 0) is 34.1 Å². The van der Waals surface area contributed by atoms with E-state index in [0.29, 0.717) is 24.8 Å². The molecule has 108 valence electrons. The van der Waals surface area contributed by atoms with Crippen molar-refractivity contribution in [2.24, 2.45) is 0 Å². The minimum atomic E-state index is -0.209. The first kappa shape index (κ1) is 13.7. The van der Waals surface area contributed by atoms with E-state index in [1.807, 2.05) is 6.07 Å². The van der Waals surface area contributed by atoms with Crippen molar-refractivity contribution < 1.29 is 9.53 Å². The predicted octanol–water partition coefficient (Wildman–Crippen LogP) is 1.93. The number of carbonyl (C=O) groups is 1. The molecule has 21 heavy (non-hydrogen) atoms. The lowest BCUT2D eigenvalue weighted by atomic mass is 10.2. The Morgan fingerprint density at radius 3 is 2.90 bits per heavy atom. The average molecular weight is 350 g/mol. The Morgan fingerprint density at radius 1 is 1.38 bits per heavy atom. The topological polar surface area (TPSA) is 80.2 Å². The summed E-state index contributed by atoms with van der Waals surface area (Å²) in [6, 6.07) is 6.83. The second kappa shape index (κ2) is 6.04. The molecule has 0 atom stereocenters. The highest BCUT2D eigenvalue weighted by Gasteiger charge is 2.32. The molecule has 0 unspecified atom stereocenters. The van der Waals surface area contributed by atoms with Crippen LogP contribution in [0.4, 0.5) is 10.6 Å². The van der Waals surface area contributed by atoms with Gasteiger partial charge in [-0.2, -0.15) is 5.10 Å². The third kappa shape index (κ3) is 3.46. The molecule has 0 saturated carbocycles. The molecule has 3 rings (SSSR count). The summed E-state index contributed by atoms with van der Waals surface area (Å²) < 4.78 is 6.55. The van der Waals surface area contributed by atoms with Gasteiger partial charge in [-0.1, -0.05) is 0 Å². The fraction of sp³-hybridized carbons (Fsp3) is 0.231. The monoisotopic (exact) mass is 349 g/mol. The number of anilines is 1. The molecule has 1 aliphatic heterocycles. The minimum Gasteiger partial charge on any atom is -0.471 e. The Hall–Kier alpha value is -2.22. The highest BCUT2D eigenvalue weighted by molar-refractivity contribution is 9.10. The van der Waals surface area contributed by atoms with E-state index >= 15 is 0 Å². The Balaban J connectivity index is 1.47. The van der Waals surface area contributed by atoms with E-state index in [1.165, 1.54) is 0 Å². The Morgan fingerprint density at radius 2 is 2.24 bits per heavy atom. The fourth-order valence-corrected chi connectivity index (χ4v) is 2.07. The van der Waals surface area contributed by atoms with Crippen molar-refractivity contribution in [1.82, 2.24) is 20.1 Å². The number of hydrogen-bond donors (Lipinski definition) is 1. The number of urea groups is 1. The molecule has 7 nitrogen and oxygen atoms in total. The number of aromatic nitrogens is 3. The van der Waals surface area contributed by atoms with Crippen LogP contribution in [0.3, 0.4) is 0 Å². The van der Waals surface area contributed by atoms with Crippen LogP contribution in [0.1, 0.15) is 0 Å². The molecule has 2 aromatic rings. The van der Waals surface area contributed by atoms with Crippen molar-refractivity contribution >= 4 is 27.8 Å². The molecule has 3 heterocycles. The standard InChI is InChI=1S/C13H12BrN5O2/c14-9-3-4-12(15-6-9)21-10-7-19(8-10)13(20)17-11-2-1-5-16-18-11/h1-6,10H,7-8H2,(H,17,18,20). The van der Waals surface area contributed by atoms with E-state index < -0.39 is 0 Å². The summed E-state index contributed by atoms with van der Waals surface area (Å²) in [6.45, 7) is 1.04. The van der Waals surface area contributed by atoms with Crippen molar-refractivity contribution in [3.05, 3.63) is 41.1 Å². The van der Waals surface area contributed by atoms with Crippen LogP contribution < -0.4 is 10.1 Å². The molecule has 2 aromatic heterocycles. The van der Waals surface area contributed by atoms with Crippen LogP contribution in [0.5, 0.6) is 5.88 Å². The van der Waals surface area contributed by atoms with Crippen LogP contribution >= 0.6 is 15.9 Å². The van der Waals surface area contributed by atoms with E-state index in [-0.39, 0.29) is 12.1 Å². The van der Waals surface area contributed by atoms with Gasteiger partial charge in [0.2, 0.25) is 5.88 Å². The number of nitrogens with one attached hydrogen (secondary N) is 1. The van der Waals surface area contributed by atoms with Gasteiger partial charge in [0.05, 0.1) is 13.1 Å². The Labute approximate surface area is 129 Å². The normalized spacial score (nSPS) is 14.4. The zero-order chi connectivity index (χ0) is 14.7. The zero-order valence-corrected chi connectivity index (χ0v) is 12.5. The zero-order valence-electron chi connectivity index (χ0n) is 10.9. The van der Waals surface area contributed by atoms with Crippen LogP contribution in [0, 0.1) is 0 Å². The van der Waals surface area contributed by atoms with E-state index in [2.05, 4.69) is 36.4 Å². The first-order valence-electron chi connectivity index (χ1n) is 6.32. The summed E-state index contributed by atoms with van der Waals surface area (Å²) in [5.41, 5.74) is 0. The Bertz CT molecular complexity index is 616. The second-order valence-corrected chi connectivity index (χ2v) is 5.41. The van der Waals surface area contributed by atoms with Gasteiger partial charge < -0.3 is 9.64 Å². The molecule has 1 N–H and O–H groups in total. The third-order valence-electron chi connectivity index (χ3n) is 2.93. The molecule has 0 aliphatic carbocycles. The number of ether oxygens (including phenoxy) is 1. The number of carbonyl (C=O) groups excluding carboxylic acids is 1. The summed E-state index contributed by atoms with van der Waals surface area (Å²) >= 11 is 3.31. The molecule has 2 amide bonds. The van der Waals surface area contributed by atoms with Crippen LogP contribution in [0.2, 0.25) is 0 Å². The average Bonchev–Trinajstić information content (AvgIpc) is 2.45. The smallest absolute Gasteiger partial charge is 0.323 e. The summed E-state index contributed by atoms with van der Waals surface area (Å²) in [6.07, 6.45) is 3.19. The van der Waals surface area contributed by atoms with E-state index in [4.69, 9.17) is 4.74 Å². The number of likely N-dealkylation sites (tertiary alicyclic amines) is 1. The summed E-state index contributed by atoms with van der Waals surface area (Å²) in [5, 5.41) is 10.2. The lowest BCUT2D eigenvalue weighted by Gasteiger charge is -2.38.